The summed E-state index contributed by atoms with van der Waals surface area (Å²) in [5.74, 6) is 2.52. The van der Waals surface area contributed by atoms with Crippen molar-refractivity contribution in [3.05, 3.63) is 23.8 Å². The Morgan fingerprint density at radius 2 is 2.08 bits per heavy atom. The van der Waals surface area contributed by atoms with Gasteiger partial charge < -0.3 is 20.1 Å². The minimum Gasteiger partial charge on any atom is -0.454 e. The fourth-order valence-electron chi connectivity index (χ4n) is 3.70. The van der Waals surface area contributed by atoms with E-state index in [4.69, 9.17) is 9.47 Å². The zero-order chi connectivity index (χ0) is 18.6. The van der Waals surface area contributed by atoms with Crippen LogP contribution in [0.2, 0.25) is 0 Å². The van der Waals surface area contributed by atoms with Crippen LogP contribution in [-0.4, -0.2) is 56.9 Å². The van der Waals surface area contributed by atoms with Gasteiger partial charge in [-0.2, -0.15) is 0 Å². The first-order chi connectivity index (χ1) is 12.5. The molecule has 1 saturated heterocycles. The lowest BCUT2D eigenvalue weighted by molar-refractivity contribution is 0.174. The standard InChI is InChI=1S/C20H32N4O2/c1-5-24-10-6-7-16(24)12-22-19(21-4)23-13-20(2,3)15-8-9-17-18(11-15)26-14-25-17/h8-9,11,16H,5-7,10,12-14H2,1-4H3,(H2,21,22,23). The molecule has 0 aliphatic carbocycles. The monoisotopic (exact) mass is 360 g/mol. The number of likely N-dealkylation sites (tertiary alicyclic amines) is 1. The van der Waals surface area contributed by atoms with Gasteiger partial charge >= 0.3 is 0 Å². The number of hydrogen-bond acceptors (Lipinski definition) is 4. The highest BCUT2D eigenvalue weighted by Crippen LogP contribution is 2.36. The van der Waals surface area contributed by atoms with Crippen LogP contribution in [0, 0.1) is 0 Å². The van der Waals surface area contributed by atoms with Crippen LogP contribution in [0.4, 0.5) is 0 Å². The molecule has 1 aromatic rings. The van der Waals surface area contributed by atoms with Crippen molar-refractivity contribution in [2.24, 2.45) is 4.99 Å². The van der Waals surface area contributed by atoms with E-state index in [0.29, 0.717) is 12.8 Å². The number of aliphatic imine (C=N–C) groups is 1. The van der Waals surface area contributed by atoms with Crippen molar-refractivity contribution in [2.75, 3.05) is 40.0 Å². The molecule has 0 radical (unpaired) electrons. The molecule has 1 unspecified atom stereocenters. The highest BCUT2D eigenvalue weighted by molar-refractivity contribution is 5.79. The summed E-state index contributed by atoms with van der Waals surface area (Å²) in [5, 5.41) is 6.97. The van der Waals surface area contributed by atoms with E-state index in [9.17, 15) is 0 Å². The average molecular weight is 361 g/mol. The lowest BCUT2D eigenvalue weighted by Gasteiger charge is -2.28. The number of ether oxygens (including phenoxy) is 2. The normalized spacial score (nSPS) is 20.5. The van der Waals surface area contributed by atoms with Gasteiger partial charge in [0, 0.05) is 31.6 Å². The second-order valence-corrected chi connectivity index (χ2v) is 7.68. The molecule has 3 rings (SSSR count). The number of likely N-dealkylation sites (N-methyl/N-ethyl adjacent to an activating group) is 1. The van der Waals surface area contributed by atoms with E-state index in [0.717, 1.165) is 37.1 Å². The molecule has 1 aromatic carbocycles. The number of fused-ring (bicyclic) bond motifs is 1. The number of benzene rings is 1. The Bertz CT molecular complexity index is 645. The van der Waals surface area contributed by atoms with Crippen LogP contribution in [0.5, 0.6) is 11.5 Å². The maximum Gasteiger partial charge on any atom is 0.231 e. The summed E-state index contributed by atoms with van der Waals surface area (Å²) in [4.78, 5) is 6.92. The second-order valence-electron chi connectivity index (χ2n) is 7.68. The summed E-state index contributed by atoms with van der Waals surface area (Å²) >= 11 is 0. The first-order valence-electron chi connectivity index (χ1n) is 9.62. The fourth-order valence-corrected chi connectivity index (χ4v) is 3.70. The largest absolute Gasteiger partial charge is 0.454 e. The van der Waals surface area contributed by atoms with Gasteiger partial charge in [0.1, 0.15) is 0 Å². The smallest absolute Gasteiger partial charge is 0.231 e. The van der Waals surface area contributed by atoms with Crippen molar-refractivity contribution in [1.29, 1.82) is 0 Å². The van der Waals surface area contributed by atoms with Gasteiger partial charge in [0.25, 0.3) is 0 Å². The zero-order valence-corrected chi connectivity index (χ0v) is 16.5. The molecule has 2 aliphatic heterocycles. The zero-order valence-electron chi connectivity index (χ0n) is 16.5. The molecule has 1 fully saturated rings. The summed E-state index contributed by atoms with van der Waals surface area (Å²) in [6, 6.07) is 6.80. The molecule has 0 aromatic heterocycles. The van der Waals surface area contributed by atoms with Crippen LogP contribution < -0.4 is 20.1 Å². The predicted octanol–water partition coefficient (Wildman–Crippen LogP) is 2.34. The van der Waals surface area contributed by atoms with Crippen molar-refractivity contribution in [3.8, 4) is 11.5 Å². The molecule has 0 bridgehead atoms. The van der Waals surface area contributed by atoms with Gasteiger partial charge in [0.05, 0.1) is 0 Å². The van der Waals surface area contributed by atoms with Gasteiger partial charge in [0.2, 0.25) is 6.79 Å². The summed E-state index contributed by atoms with van der Waals surface area (Å²) in [6.07, 6.45) is 2.56. The topological polar surface area (TPSA) is 58.1 Å². The Morgan fingerprint density at radius 3 is 2.85 bits per heavy atom. The molecule has 6 nitrogen and oxygen atoms in total. The van der Waals surface area contributed by atoms with Gasteiger partial charge in [-0.1, -0.05) is 26.8 Å². The average Bonchev–Trinajstić information content (AvgIpc) is 3.29. The number of nitrogens with zero attached hydrogens (tertiary/aromatic N) is 2. The quantitative estimate of drug-likeness (QED) is 0.602. The van der Waals surface area contributed by atoms with Crippen molar-refractivity contribution in [2.45, 2.75) is 45.1 Å². The third-order valence-corrected chi connectivity index (χ3v) is 5.49. The highest BCUT2D eigenvalue weighted by Gasteiger charge is 2.25. The third kappa shape index (κ3) is 4.23. The van der Waals surface area contributed by atoms with Crippen LogP contribution in [-0.2, 0) is 5.41 Å². The van der Waals surface area contributed by atoms with E-state index >= 15 is 0 Å². The molecule has 0 amide bonds. The Hall–Kier alpha value is -1.95. The maximum absolute atomic E-state index is 5.51. The minimum absolute atomic E-state index is 0.0542. The Kier molecular flexibility index (Phi) is 5.91. The third-order valence-electron chi connectivity index (χ3n) is 5.49. The van der Waals surface area contributed by atoms with Crippen molar-refractivity contribution >= 4 is 5.96 Å². The van der Waals surface area contributed by atoms with Gasteiger partial charge in [-0.3, -0.25) is 9.89 Å². The highest BCUT2D eigenvalue weighted by atomic mass is 16.7. The molecule has 2 N–H and O–H groups in total. The van der Waals surface area contributed by atoms with E-state index in [-0.39, 0.29) is 5.41 Å². The molecule has 144 valence electrons. The van der Waals surface area contributed by atoms with E-state index in [1.165, 1.54) is 24.9 Å². The molecule has 6 heteroatoms. The van der Waals surface area contributed by atoms with Gasteiger partial charge in [-0.25, -0.2) is 0 Å². The first kappa shape index (κ1) is 18.8. The van der Waals surface area contributed by atoms with Gasteiger partial charge in [-0.05, 0) is 43.6 Å². The van der Waals surface area contributed by atoms with Crippen molar-refractivity contribution in [3.63, 3.8) is 0 Å². The lowest BCUT2D eigenvalue weighted by Crippen LogP contribution is -2.47. The maximum atomic E-state index is 5.51. The second kappa shape index (κ2) is 8.16. The Labute approximate surface area is 157 Å². The molecule has 0 spiro atoms. The lowest BCUT2D eigenvalue weighted by atomic mass is 9.84. The van der Waals surface area contributed by atoms with E-state index in [1.54, 1.807) is 0 Å². The summed E-state index contributed by atoms with van der Waals surface area (Å²) in [6.45, 7) is 11.1. The van der Waals surface area contributed by atoms with Gasteiger partial charge in [0.15, 0.2) is 17.5 Å². The molecule has 2 heterocycles. The number of hydrogen-bond donors (Lipinski definition) is 2. The number of rotatable bonds is 6. The molecule has 26 heavy (non-hydrogen) atoms. The Morgan fingerprint density at radius 1 is 1.27 bits per heavy atom. The van der Waals surface area contributed by atoms with E-state index < -0.39 is 0 Å². The molecule has 2 aliphatic rings. The molecule has 0 saturated carbocycles. The van der Waals surface area contributed by atoms with E-state index in [2.05, 4.69) is 53.4 Å². The predicted molar refractivity (Wildman–Crippen MR) is 105 cm³/mol. The van der Waals surface area contributed by atoms with Crippen LogP contribution in [0.3, 0.4) is 0 Å². The minimum atomic E-state index is -0.0542. The fraction of sp³-hybridized carbons (Fsp3) is 0.650. The first-order valence-corrected chi connectivity index (χ1v) is 9.62. The van der Waals surface area contributed by atoms with Crippen molar-refractivity contribution < 1.29 is 9.47 Å². The number of guanidine groups is 1. The molecule has 1 atom stereocenters. The van der Waals surface area contributed by atoms with E-state index in [1.807, 2.05) is 13.1 Å². The number of nitrogens with one attached hydrogen (secondary N) is 2. The molecular weight excluding hydrogens is 328 g/mol. The summed E-state index contributed by atoms with van der Waals surface area (Å²) in [5.41, 5.74) is 1.17. The Balaban J connectivity index is 1.54. The molecular formula is C20H32N4O2. The SMILES string of the molecule is CCN1CCCC1CNC(=NC)NCC(C)(C)c1ccc2c(c1)OCO2. The van der Waals surface area contributed by atoms with Crippen LogP contribution in [0.25, 0.3) is 0 Å². The summed E-state index contributed by atoms with van der Waals surface area (Å²) < 4.78 is 10.9. The van der Waals surface area contributed by atoms with Crippen LogP contribution in [0.1, 0.15) is 39.2 Å². The van der Waals surface area contributed by atoms with Crippen LogP contribution >= 0.6 is 0 Å². The van der Waals surface area contributed by atoms with Gasteiger partial charge in [-0.15, -0.1) is 0 Å². The van der Waals surface area contributed by atoms with Crippen molar-refractivity contribution in [1.82, 2.24) is 15.5 Å². The van der Waals surface area contributed by atoms with Crippen LogP contribution in [0.15, 0.2) is 23.2 Å². The summed E-state index contributed by atoms with van der Waals surface area (Å²) in [7, 11) is 1.83.